The first-order chi connectivity index (χ1) is 10.7. The number of rotatable bonds is 4. The highest BCUT2D eigenvalue weighted by Gasteiger charge is 2.36. The number of benzene rings is 1. The predicted octanol–water partition coefficient (Wildman–Crippen LogP) is 3.21. The van der Waals surface area contributed by atoms with Crippen LogP contribution in [-0.2, 0) is 11.3 Å². The van der Waals surface area contributed by atoms with E-state index in [-0.39, 0.29) is 17.9 Å². The van der Waals surface area contributed by atoms with Crippen LogP contribution in [0.1, 0.15) is 25.8 Å². The van der Waals surface area contributed by atoms with Crippen molar-refractivity contribution >= 4 is 5.91 Å². The van der Waals surface area contributed by atoms with Crippen molar-refractivity contribution in [2.75, 3.05) is 13.1 Å². The molecule has 3 nitrogen and oxygen atoms in total. The maximum absolute atomic E-state index is 12.3. The van der Waals surface area contributed by atoms with Gasteiger partial charge in [-0.15, -0.1) is 0 Å². The summed E-state index contributed by atoms with van der Waals surface area (Å²) in [6.45, 7) is 6.30. The summed E-state index contributed by atoms with van der Waals surface area (Å²) in [6.07, 6.45) is -5.86. The molecule has 1 aliphatic rings. The molecule has 2 atom stereocenters. The summed E-state index contributed by atoms with van der Waals surface area (Å²) in [7, 11) is 0. The molecule has 23 heavy (non-hydrogen) atoms. The number of halogens is 3. The number of nitrogens with one attached hydrogen (secondary N) is 1. The molecule has 0 bridgehead atoms. The van der Waals surface area contributed by atoms with Crippen LogP contribution in [0.4, 0.5) is 13.2 Å². The Hall–Kier alpha value is -1.56. The molecule has 1 aromatic rings. The second-order valence-electron chi connectivity index (χ2n) is 6.52. The van der Waals surface area contributed by atoms with Gasteiger partial charge in [0.25, 0.3) is 0 Å². The second kappa shape index (κ2) is 7.34. The summed E-state index contributed by atoms with van der Waals surface area (Å²) in [4.78, 5) is 13.8. The van der Waals surface area contributed by atoms with Gasteiger partial charge in [-0.1, -0.05) is 44.2 Å². The van der Waals surface area contributed by atoms with Crippen molar-refractivity contribution in [3.8, 4) is 0 Å². The minimum atomic E-state index is -4.45. The molecule has 6 heteroatoms. The lowest BCUT2D eigenvalue weighted by Crippen LogP contribution is -2.54. The molecule has 0 unspecified atom stereocenters. The molecule has 0 aliphatic carbocycles. The Morgan fingerprint density at radius 1 is 1.17 bits per heavy atom. The number of carbonyl (C=O) groups is 1. The standard InChI is InChI=1S/C17H23F3N2O/c1-12-9-22(11-14-6-4-3-5-7-14)10-13(2)16(12)21-15(23)8-17(18,19)20/h3-7,12-13,16H,8-11H2,1-2H3,(H,21,23)/t12-,13-/m1/s1. The topological polar surface area (TPSA) is 32.3 Å². The fourth-order valence-electron chi connectivity index (χ4n) is 3.35. The van der Waals surface area contributed by atoms with Gasteiger partial charge in [0.15, 0.2) is 0 Å². The number of nitrogens with zero attached hydrogens (tertiary/aromatic N) is 1. The van der Waals surface area contributed by atoms with E-state index in [1.807, 2.05) is 32.0 Å². The van der Waals surface area contributed by atoms with Crippen LogP contribution in [0.3, 0.4) is 0 Å². The van der Waals surface area contributed by atoms with Gasteiger partial charge in [-0.2, -0.15) is 13.2 Å². The highest BCUT2D eigenvalue weighted by molar-refractivity contribution is 5.77. The summed E-state index contributed by atoms with van der Waals surface area (Å²) in [5.41, 5.74) is 1.21. The van der Waals surface area contributed by atoms with Crippen molar-refractivity contribution in [1.82, 2.24) is 10.2 Å². The highest BCUT2D eigenvalue weighted by atomic mass is 19.4. The molecule has 1 heterocycles. The highest BCUT2D eigenvalue weighted by Crippen LogP contribution is 2.25. The van der Waals surface area contributed by atoms with Crippen LogP contribution in [0.5, 0.6) is 0 Å². The Balaban J connectivity index is 1.90. The smallest absolute Gasteiger partial charge is 0.352 e. The van der Waals surface area contributed by atoms with Gasteiger partial charge in [-0.25, -0.2) is 0 Å². The predicted molar refractivity (Wildman–Crippen MR) is 82.6 cm³/mol. The first kappa shape index (κ1) is 17.8. The Bertz CT molecular complexity index is 506. The zero-order valence-corrected chi connectivity index (χ0v) is 13.4. The molecule has 1 fully saturated rings. The van der Waals surface area contributed by atoms with Crippen molar-refractivity contribution in [3.63, 3.8) is 0 Å². The largest absolute Gasteiger partial charge is 0.397 e. The third kappa shape index (κ3) is 5.53. The van der Waals surface area contributed by atoms with E-state index in [4.69, 9.17) is 0 Å². The molecule has 2 rings (SSSR count). The molecule has 0 aromatic heterocycles. The maximum atomic E-state index is 12.3. The van der Waals surface area contributed by atoms with Gasteiger partial charge < -0.3 is 5.32 Å². The third-order valence-electron chi connectivity index (χ3n) is 4.26. The van der Waals surface area contributed by atoms with E-state index in [1.54, 1.807) is 0 Å². The molecule has 0 saturated carbocycles. The second-order valence-corrected chi connectivity index (χ2v) is 6.52. The molecule has 1 N–H and O–H groups in total. The minimum absolute atomic E-state index is 0.111. The van der Waals surface area contributed by atoms with Crippen LogP contribution in [0.2, 0.25) is 0 Å². The van der Waals surface area contributed by atoms with E-state index in [9.17, 15) is 18.0 Å². The van der Waals surface area contributed by atoms with Gasteiger partial charge >= 0.3 is 6.18 Å². The monoisotopic (exact) mass is 328 g/mol. The van der Waals surface area contributed by atoms with E-state index in [2.05, 4.69) is 22.3 Å². The molecule has 0 radical (unpaired) electrons. The Labute approximate surface area is 134 Å². The normalized spacial score (nSPS) is 23.7. The van der Waals surface area contributed by atoms with E-state index >= 15 is 0 Å². The van der Waals surface area contributed by atoms with Gasteiger partial charge in [0.05, 0.1) is 0 Å². The van der Waals surface area contributed by atoms with Gasteiger partial charge in [-0.05, 0) is 17.4 Å². The number of alkyl halides is 3. The average Bonchev–Trinajstić information content (AvgIpc) is 2.42. The lowest BCUT2D eigenvalue weighted by Gasteiger charge is -2.41. The van der Waals surface area contributed by atoms with Crippen LogP contribution < -0.4 is 5.32 Å². The summed E-state index contributed by atoms with van der Waals surface area (Å²) in [5.74, 6) is -0.711. The molecular weight excluding hydrogens is 305 g/mol. The van der Waals surface area contributed by atoms with E-state index in [0.29, 0.717) is 0 Å². The number of amides is 1. The number of hydrogen-bond acceptors (Lipinski definition) is 2. The van der Waals surface area contributed by atoms with Crippen molar-refractivity contribution in [2.24, 2.45) is 11.8 Å². The summed E-state index contributed by atoms with van der Waals surface area (Å²) in [5, 5.41) is 2.57. The zero-order valence-electron chi connectivity index (χ0n) is 13.4. The van der Waals surface area contributed by atoms with Crippen molar-refractivity contribution in [3.05, 3.63) is 35.9 Å². The molecule has 1 aromatic carbocycles. The fraction of sp³-hybridized carbons (Fsp3) is 0.588. The van der Waals surface area contributed by atoms with E-state index in [1.165, 1.54) is 5.56 Å². The van der Waals surface area contributed by atoms with Gasteiger partial charge in [0.2, 0.25) is 5.91 Å². The van der Waals surface area contributed by atoms with Crippen LogP contribution in [0.25, 0.3) is 0 Å². The number of hydrogen-bond donors (Lipinski definition) is 1. The molecule has 0 spiro atoms. The Morgan fingerprint density at radius 2 is 1.74 bits per heavy atom. The molecule has 1 aliphatic heterocycles. The van der Waals surface area contributed by atoms with E-state index < -0.39 is 18.5 Å². The molecule has 128 valence electrons. The average molecular weight is 328 g/mol. The van der Waals surface area contributed by atoms with Crippen LogP contribution in [0.15, 0.2) is 30.3 Å². The van der Waals surface area contributed by atoms with Crippen molar-refractivity contribution in [1.29, 1.82) is 0 Å². The lowest BCUT2D eigenvalue weighted by molar-refractivity contribution is -0.155. The Morgan fingerprint density at radius 3 is 2.26 bits per heavy atom. The van der Waals surface area contributed by atoms with Crippen molar-refractivity contribution in [2.45, 2.75) is 39.0 Å². The van der Waals surface area contributed by atoms with Crippen molar-refractivity contribution < 1.29 is 18.0 Å². The fourth-order valence-corrected chi connectivity index (χ4v) is 3.35. The van der Waals surface area contributed by atoms with Gasteiger partial charge in [0.1, 0.15) is 6.42 Å². The number of likely N-dealkylation sites (tertiary alicyclic amines) is 1. The first-order valence-corrected chi connectivity index (χ1v) is 7.87. The third-order valence-corrected chi connectivity index (χ3v) is 4.26. The summed E-state index contributed by atoms with van der Waals surface area (Å²) >= 11 is 0. The lowest BCUT2D eigenvalue weighted by atomic mass is 9.85. The summed E-state index contributed by atoms with van der Waals surface area (Å²) < 4.78 is 36.9. The minimum Gasteiger partial charge on any atom is -0.352 e. The summed E-state index contributed by atoms with van der Waals surface area (Å²) in [6, 6.07) is 9.87. The Kier molecular flexibility index (Phi) is 5.68. The first-order valence-electron chi connectivity index (χ1n) is 7.87. The number of piperidine rings is 1. The van der Waals surface area contributed by atoms with Gasteiger partial charge in [-0.3, -0.25) is 9.69 Å². The van der Waals surface area contributed by atoms with Crippen LogP contribution in [-0.4, -0.2) is 36.1 Å². The SMILES string of the molecule is C[C@@H]1CN(Cc2ccccc2)C[C@@H](C)C1NC(=O)CC(F)(F)F. The van der Waals surface area contributed by atoms with Crippen LogP contribution >= 0.6 is 0 Å². The molecule has 1 saturated heterocycles. The number of carbonyl (C=O) groups excluding carboxylic acids is 1. The van der Waals surface area contributed by atoms with Gasteiger partial charge in [0, 0.05) is 25.7 Å². The molecular formula is C17H23F3N2O. The molecule has 1 amide bonds. The van der Waals surface area contributed by atoms with E-state index in [0.717, 1.165) is 19.6 Å². The maximum Gasteiger partial charge on any atom is 0.397 e. The van der Waals surface area contributed by atoms with Crippen LogP contribution in [0, 0.1) is 11.8 Å². The zero-order chi connectivity index (χ0) is 17.0. The quantitative estimate of drug-likeness (QED) is 0.920.